The highest BCUT2D eigenvalue weighted by molar-refractivity contribution is 5.19. The van der Waals surface area contributed by atoms with Crippen LogP contribution in [0.15, 0.2) is 24.3 Å². The average Bonchev–Trinajstić information content (AvgIpc) is 2.68. The van der Waals surface area contributed by atoms with E-state index < -0.39 is 0 Å². The standard InChI is InChI=1S/C14H17F2N3/c1-3-19-14(16)13(10(2)18-19)9-17-8-11-4-6-12(15)7-5-11/h4-7,17H,3,8-9H2,1-2H3. The highest BCUT2D eigenvalue weighted by atomic mass is 19.1. The van der Waals surface area contributed by atoms with Gasteiger partial charge in [-0.1, -0.05) is 12.1 Å². The number of halogens is 2. The van der Waals surface area contributed by atoms with E-state index in [0.717, 1.165) is 5.56 Å². The molecule has 2 rings (SSSR count). The molecule has 0 aliphatic carbocycles. The summed E-state index contributed by atoms with van der Waals surface area (Å²) in [6.45, 7) is 5.14. The van der Waals surface area contributed by atoms with Crippen molar-refractivity contribution in [3.8, 4) is 0 Å². The molecular weight excluding hydrogens is 248 g/mol. The zero-order valence-corrected chi connectivity index (χ0v) is 11.1. The number of hydrogen-bond donors (Lipinski definition) is 1. The summed E-state index contributed by atoms with van der Waals surface area (Å²) in [7, 11) is 0. The van der Waals surface area contributed by atoms with E-state index >= 15 is 0 Å². The van der Waals surface area contributed by atoms with Crippen LogP contribution in [0.5, 0.6) is 0 Å². The third-order valence-electron chi connectivity index (χ3n) is 3.03. The fraction of sp³-hybridized carbons (Fsp3) is 0.357. The molecule has 2 aromatic rings. The summed E-state index contributed by atoms with van der Waals surface area (Å²) in [5.41, 5.74) is 2.25. The molecule has 0 saturated carbocycles. The molecule has 0 saturated heterocycles. The molecule has 0 atom stereocenters. The van der Waals surface area contributed by atoms with Crippen molar-refractivity contribution in [3.63, 3.8) is 0 Å². The zero-order valence-electron chi connectivity index (χ0n) is 11.1. The Balaban J connectivity index is 1.96. The van der Waals surface area contributed by atoms with Gasteiger partial charge in [0.05, 0.1) is 5.69 Å². The Morgan fingerprint density at radius 1 is 1.16 bits per heavy atom. The molecule has 19 heavy (non-hydrogen) atoms. The second-order valence-corrected chi connectivity index (χ2v) is 4.40. The Morgan fingerprint density at radius 2 is 1.84 bits per heavy atom. The molecular formula is C14H17F2N3. The van der Waals surface area contributed by atoms with Gasteiger partial charge in [0, 0.05) is 25.2 Å². The van der Waals surface area contributed by atoms with E-state index in [1.54, 1.807) is 19.1 Å². The summed E-state index contributed by atoms with van der Waals surface area (Å²) in [5, 5.41) is 7.26. The van der Waals surface area contributed by atoms with Crippen LogP contribution in [0.1, 0.15) is 23.7 Å². The minimum atomic E-state index is -0.286. The van der Waals surface area contributed by atoms with E-state index in [-0.39, 0.29) is 11.8 Å². The summed E-state index contributed by atoms with van der Waals surface area (Å²) in [6.07, 6.45) is 0. The highest BCUT2D eigenvalue weighted by Gasteiger charge is 2.13. The number of aryl methyl sites for hydroxylation is 2. The summed E-state index contributed by atoms with van der Waals surface area (Å²) in [5.74, 6) is -0.540. The van der Waals surface area contributed by atoms with Crippen molar-refractivity contribution in [1.82, 2.24) is 15.1 Å². The molecule has 0 spiro atoms. The molecule has 1 aromatic carbocycles. The molecule has 0 amide bonds. The number of aromatic nitrogens is 2. The summed E-state index contributed by atoms with van der Waals surface area (Å²) >= 11 is 0. The lowest BCUT2D eigenvalue weighted by Crippen LogP contribution is -2.14. The van der Waals surface area contributed by atoms with Crippen molar-refractivity contribution in [2.45, 2.75) is 33.5 Å². The maximum absolute atomic E-state index is 13.9. The predicted octanol–water partition coefficient (Wildman–Crippen LogP) is 2.78. The Hall–Kier alpha value is -1.75. The normalized spacial score (nSPS) is 10.9. The summed E-state index contributed by atoms with van der Waals surface area (Å²) in [4.78, 5) is 0. The fourth-order valence-corrected chi connectivity index (χ4v) is 1.93. The molecule has 0 bridgehead atoms. The topological polar surface area (TPSA) is 29.9 Å². The number of hydrogen-bond acceptors (Lipinski definition) is 2. The maximum Gasteiger partial charge on any atom is 0.216 e. The molecule has 1 heterocycles. The van der Waals surface area contributed by atoms with Crippen LogP contribution in [-0.2, 0) is 19.6 Å². The largest absolute Gasteiger partial charge is 0.308 e. The van der Waals surface area contributed by atoms with Gasteiger partial charge in [-0.25, -0.2) is 9.07 Å². The van der Waals surface area contributed by atoms with Crippen LogP contribution >= 0.6 is 0 Å². The van der Waals surface area contributed by atoms with E-state index in [4.69, 9.17) is 0 Å². The summed E-state index contributed by atoms with van der Waals surface area (Å²) in [6, 6.07) is 6.25. The van der Waals surface area contributed by atoms with Gasteiger partial charge in [-0.3, -0.25) is 0 Å². The fourth-order valence-electron chi connectivity index (χ4n) is 1.93. The van der Waals surface area contributed by atoms with Crippen molar-refractivity contribution in [1.29, 1.82) is 0 Å². The van der Waals surface area contributed by atoms with E-state index in [2.05, 4.69) is 10.4 Å². The third-order valence-corrected chi connectivity index (χ3v) is 3.03. The lowest BCUT2D eigenvalue weighted by atomic mass is 10.2. The van der Waals surface area contributed by atoms with Crippen LogP contribution in [0.25, 0.3) is 0 Å². The monoisotopic (exact) mass is 265 g/mol. The highest BCUT2D eigenvalue weighted by Crippen LogP contribution is 2.12. The number of benzene rings is 1. The van der Waals surface area contributed by atoms with Gasteiger partial charge in [0.25, 0.3) is 0 Å². The van der Waals surface area contributed by atoms with Crippen molar-refractivity contribution in [2.75, 3.05) is 0 Å². The summed E-state index contributed by atoms with van der Waals surface area (Å²) < 4.78 is 28.0. The van der Waals surface area contributed by atoms with Crippen LogP contribution in [0.2, 0.25) is 0 Å². The molecule has 0 radical (unpaired) electrons. The van der Waals surface area contributed by atoms with Gasteiger partial charge in [0.1, 0.15) is 5.82 Å². The Bertz CT molecular complexity index is 547. The van der Waals surface area contributed by atoms with Crippen LogP contribution in [0.3, 0.4) is 0 Å². The SMILES string of the molecule is CCn1nc(C)c(CNCc2ccc(F)cc2)c1F. The minimum absolute atomic E-state index is 0.255. The molecule has 1 aromatic heterocycles. The first-order valence-electron chi connectivity index (χ1n) is 6.28. The van der Waals surface area contributed by atoms with Crippen molar-refractivity contribution in [3.05, 3.63) is 52.9 Å². The number of nitrogens with zero attached hydrogens (tertiary/aromatic N) is 2. The minimum Gasteiger partial charge on any atom is -0.308 e. The van der Waals surface area contributed by atoms with Gasteiger partial charge < -0.3 is 5.32 Å². The van der Waals surface area contributed by atoms with E-state index in [1.165, 1.54) is 16.8 Å². The van der Waals surface area contributed by atoms with Gasteiger partial charge in [0.15, 0.2) is 0 Å². The predicted molar refractivity (Wildman–Crippen MR) is 69.5 cm³/mol. The quantitative estimate of drug-likeness (QED) is 0.901. The Morgan fingerprint density at radius 3 is 2.42 bits per heavy atom. The molecule has 0 unspecified atom stereocenters. The molecule has 102 valence electrons. The second kappa shape index (κ2) is 5.93. The van der Waals surface area contributed by atoms with E-state index in [0.29, 0.717) is 30.9 Å². The Kier molecular flexibility index (Phi) is 4.27. The van der Waals surface area contributed by atoms with Gasteiger partial charge in [-0.15, -0.1) is 0 Å². The van der Waals surface area contributed by atoms with Crippen LogP contribution in [0.4, 0.5) is 8.78 Å². The first-order chi connectivity index (χ1) is 9.11. The molecule has 0 fully saturated rings. The number of rotatable bonds is 5. The van der Waals surface area contributed by atoms with Gasteiger partial charge in [-0.05, 0) is 31.5 Å². The van der Waals surface area contributed by atoms with Crippen molar-refractivity contribution >= 4 is 0 Å². The lowest BCUT2D eigenvalue weighted by molar-refractivity contribution is 0.460. The lowest BCUT2D eigenvalue weighted by Gasteiger charge is -2.04. The van der Waals surface area contributed by atoms with Crippen molar-refractivity contribution < 1.29 is 8.78 Å². The van der Waals surface area contributed by atoms with Crippen LogP contribution in [0, 0.1) is 18.7 Å². The first kappa shape index (κ1) is 13.7. The average molecular weight is 265 g/mol. The smallest absolute Gasteiger partial charge is 0.216 e. The molecule has 3 nitrogen and oxygen atoms in total. The van der Waals surface area contributed by atoms with Crippen molar-refractivity contribution in [2.24, 2.45) is 0 Å². The van der Waals surface area contributed by atoms with Crippen LogP contribution < -0.4 is 5.32 Å². The first-order valence-corrected chi connectivity index (χ1v) is 6.28. The Labute approximate surface area is 111 Å². The van der Waals surface area contributed by atoms with Gasteiger partial charge >= 0.3 is 0 Å². The zero-order chi connectivity index (χ0) is 13.8. The molecule has 0 aliphatic heterocycles. The molecule has 5 heteroatoms. The van der Waals surface area contributed by atoms with Crippen LogP contribution in [-0.4, -0.2) is 9.78 Å². The van der Waals surface area contributed by atoms with E-state index in [9.17, 15) is 8.78 Å². The third kappa shape index (κ3) is 3.17. The molecule has 1 N–H and O–H groups in total. The van der Waals surface area contributed by atoms with Gasteiger partial charge in [0.2, 0.25) is 5.95 Å². The maximum atomic E-state index is 13.9. The van der Waals surface area contributed by atoms with E-state index in [1.807, 2.05) is 6.92 Å². The second-order valence-electron chi connectivity index (χ2n) is 4.40. The van der Waals surface area contributed by atoms with Gasteiger partial charge in [-0.2, -0.15) is 9.49 Å². The molecule has 0 aliphatic rings. The number of nitrogens with one attached hydrogen (secondary N) is 1.